The van der Waals surface area contributed by atoms with Crippen LogP contribution >= 0.6 is 0 Å². The maximum Gasteiger partial charge on any atom is 0.263 e. The van der Waals surface area contributed by atoms with E-state index in [1.165, 1.54) is 38.5 Å². The maximum atomic E-state index is 12.9. The second-order valence-electron chi connectivity index (χ2n) is 9.52. The van der Waals surface area contributed by atoms with Crippen molar-refractivity contribution in [3.63, 3.8) is 0 Å². The molecule has 0 spiro atoms. The Hall–Kier alpha value is -1.50. The molecule has 0 aliphatic heterocycles. The van der Waals surface area contributed by atoms with Gasteiger partial charge in [0.05, 0.1) is 0 Å². The van der Waals surface area contributed by atoms with Gasteiger partial charge in [-0.05, 0) is 81.5 Å². The minimum atomic E-state index is -0.182. The van der Waals surface area contributed by atoms with Gasteiger partial charge < -0.3 is 10.2 Å². The third kappa shape index (κ3) is 4.50. The Morgan fingerprint density at radius 3 is 2.22 bits per heavy atom. The fourth-order valence-electron chi connectivity index (χ4n) is 6.35. The van der Waals surface area contributed by atoms with Crippen LogP contribution in [0.15, 0.2) is 11.8 Å². The second kappa shape index (κ2) is 8.67. The maximum absolute atomic E-state index is 12.9. The molecule has 4 aliphatic rings. The van der Waals surface area contributed by atoms with Crippen LogP contribution in [0.1, 0.15) is 78.6 Å². The molecule has 1 N–H and O–H groups in total. The van der Waals surface area contributed by atoms with Gasteiger partial charge in [0.15, 0.2) is 0 Å². The standard InChI is InChI=1S/C23H37N3O/c1-4-6-8-26(7-5-2)16-21(15-24)22(27)25-17(3)23-12-18-9-19(13-23)11-20(10-18)14-23/h16-20H,4-14H2,1-3H3,(H,25,27)/b21-16-. The molecule has 4 rings (SSSR count). The summed E-state index contributed by atoms with van der Waals surface area (Å²) in [5, 5.41) is 12.8. The summed E-state index contributed by atoms with van der Waals surface area (Å²) in [5.41, 5.74) is 0.534. The van der Waals surface area contributed by atoms with Crippen LogP contribution in [0.2, 0.25) is 0 Å². The van der Waals surface area contributed by atoms with E-state index in [-0.39, 0.29) is 22.9 Å². The Morgan fingerprint density at radius 2 is 1.74 bits per heavy atom. The lowest BCUT2D eigenvalue weighted by atomic mass is 9.48. The average molecular weight is 372 g/mol. The summed E-state index contributed by atoms with van der Waals surface area (Å²) in [6.07, 6.45) is 13.0. The number of amides is 1. The average Bonchev–Trinajstić information content (AvgIpc) is 2.62. The van der Waals surface area contributed by atoms with Crippen molar-refractivity contribution in [1.29, 1.82) is 5.26 Å². The first kappa shape index (κ1) is 20.2. The first-order valence-electron chi connectivity index (χ1n) is 11.2. The molecule has 27 heavy (non-hydrogen) atoms. The molecule has 0 aromatic rings. The highest BCUT2D eigenvalue weighted by Gasteiger charge is 2.53. The van der Waals surface area contributed by atoms with E-state index in [0.717, 1.165) is 50.1 Å². The smallest absolute Gasteiger partial charge is 0.263 e. The van der Waals surface area contributed by atoms with Crippen LogP contribution < -0.4 is 5.32 Å². The van der Waals surface area contributed by atoms with Gasteiger partial charge >= 0.3 is 0 Å². The highest BCUT2D eigenvalue weighted by Crippen LogP contribution is 2.61. The van der Waals surface area contributed by atoms with Crippen molar-refractivity contribution in [2.24, 2.45) is 23.2 Å². The van der Waals surface area contributed by atoms with E-state index in [9.17, 15) is 10.1 Å². The number of unbranched alkanes of at least 4 members (excludes halogenated alkanes) is 1. The van der Waals surface area contributed by atoms with Gasteiger partial charge in [-0.15, -0.1) is 0 Å². The molecule has 4 bridgehead atoms. The van der Waals surface area contributed by atoms with E-state index < -0.39 is 0 Å². The molecule has 0 radical (unpaired) electrons. The molecule has 1 unspecified atom stereocenters. The lowest BCUT2D eigenvalue weighted by Crippen LogP contribution is -2.56. The molecule has 0 aromatic heterocycles. The summed E-state index contributed by atoms with van der Waals surface area (Å²) in [6, 6.07) is 2.31. The van der Waals surface area contributed by atoms with Crippen LogP contribution in [0.25, 0.3) is 0 Å². The van der Waals surface area contributed by atoms with Gasteiger partial charge in [-0.2, -0.15) is 5.26 Å². The number of hydrogen-bond donors (Lipinski definition) is 1. The SMILES string of the molecule is CCCCN(/C=C(/C#N)C(=O)NC(C)C12CC3CC(CC(C3)C1)C2)CCC. The molecule has 0 heterocycles. The predicted molar refractivity (Wildman–Crippen MR) is 109 cm³/mol. The summed E-state index contributed by atoms with van der Waals surface area (Å²) in [7, 11) is 0. The Labute approximate surface area is 165 Å². The molecule has 4 fully saturated rings. The second-order valence-corrected chi connectivity index (χ2v) is 9.52. The van der Waals surface area contributed by atoms with Crippen LogP contribution in [0.4, 0.5) is 0 Å². The van der Waals surface area contributed by atoms with Gasteiger partial charge in [0, 0.05) is 25.3 Å². The molecule has 150 valence electrons. The molecule has 0 saturated heterocycles. The van der Waals surface area contributed by atoms with Crippen LogP contribution in [0, 0.1) is 34.5 Å². The van der Waals surface area contributed by atoms with Crippen molar-refractivity contribution >= 4 is 5.91 Å². The van der Waals surface area contributed by atoms with E-state index >= 15 is 0 Å². The van der Waals surface area contributed by atoms with Gasteiger partial charge in [-0.25, -0.2) is 0 Å². The molecule has 4 nitrogen and oxygen atoms in total. The van der Waals surface area contributed by atoms with E-state index in [2.05, 4.69) is 37.1 Å². The third-order valence-corrected chi connectivity index (χ3v) is 7.34. The van der Waals surface area contributed by atoms with Gasteiger partial charge in [0.25, 0.3) is 5.91 Å². The normalized spacial score (nSPS) is 32.8. The molecular formula is C23H37N3O. The molecule has 4 aliphatic carbocycles. The zero-order valence-electron chi connectivity index (χ0n) is 17.5. The Kier molecular flexibility index (Phi) is 6.50. The summed E-state index contributed by atoms with van der Waals surface area (Å²) in [6.45, 7) is 8.28. The Balaban J connectivity index is 1.65. The van der Waals surface area contributed by atoms with Gasteiger partial charge in [0.2, 0.25) is 0 Å². The number of carbonyl (C=O) groups is 1. The molecule has 1 atom stereocenters. The number of nitrogens with zero attached hydrogens (tertiary/aromatic N) is 2. The molecular weight excluding hydrogens is 334 g/mol. The number of carbonyl (C=O) groups excluding carboxylic acids is 1. The zero-order chi connectivity index (χ0) is 19.4. The van der Waals surface area contributed by atoms with Crippen molar-refractivity contribution in [1.82, 2.24) is 10.2 Å². The first-order chi connectivity index (χ1) is 13.0. The van der Waals surface area contributed by atoms with E-state index in [1.807, 2.05) is 0 Å². The fourth-order valence-corrected chi connectivity index (χ4v) is 6.35. The van der Waals surface area contributed by atoms with Crippen LogP contribution in [0.3, 0.4) is 0 Å². The fraction of sp³-hybridized carbons (Fsp3) is 0.826. The highest BCUT2D eigenvalue weighted by atomic mass is 16.1. The van der Waals surface area contributed by atoms with Crippen molar-refractivity contribution in [3.8, 4) is 6.07 Å². The summed E-state index contributed by atoms with van der Waals surface area (Å²) in [4.78, 5) is 15.0. The van der Waals surface area contributed by atoms with Crippen molar-refractivity contribution in [3.05, 3.63) is 11.8 Å². The molecule has 1 amide bonds. The molecule has 4 heteroatoms. The number of hydrogen-bond acceptors (Lipinski definition) is 3. The quantitative estimate of drug-likeness (QED) is 0.475. The third-order valence-electron chi connectivity index (χ3n) is 7.34. The number of nitriles is 1. The minimum Gasteiger partial charge on any atom is -0.376 e. The van der Waals surface area contributed by atoms with Crippen LogP contribution in [-0.4, -0.2) is 29.9 Å². The van der Waals surface area contributed by atoms with Gasteiger partial charge in [-0.1, -0.05) is 20.3 Å². The van der Waals surface area contributed by atoms with Crippen molar-refractivity contribution in [2.45, 2.75) is 84.6 Å². The lowest BCUT2D eigenvalue weighted by Gasteiger charge is -2.59. The van der Waals surface area contributed by atoms with Crippen LogP contribution in [0.5, 0.6) is 0 Å². The molecule has 0 aromatic carbocycles. The van der Waals surface area contributed by atoms with E-state index in [1.54, 1.807) is 6.20 Å². The predicted octanol–water partition coefficient (Wildman–Crippen LogP) is 4.63. The molecule has 4 saturated carbocycles. The highest BCUT2D eigenvalue weighted by molar-refractivity contribution is 5.97. The largest absolute Gasteiger partial charge is 0.376 e. The zero-order valence-corrected chi connectivity index (χ0v) is 17.5. The number of rotatable bonds is 9. The van der Waals surface area contributed by atoms with Crippen LogP contribution in [-0.2, 0) is 4.79 Å². The van der Waals surface area contributed by atoms with Crippen molar-refractivity contribution < 1.29 is 4.79 Å². The van der Waals surface area contributed by atoms with Gasteiger partial charge in [0.1, 0.15) is 11.6 Å². The summed E-state index contributed by atoms with van der Waals surface area (Å²) in [5.74, 6) is 2.43. The monoisotopic (exact) mass is 371 g/mol. The Bertz CT molecular complexity index is 568. The van der Waals surface area contributed by atoms with E-state index in [0.29, 0.717) is 0 Å². The van der Waals surface area contributed by atoms with Crippen molar-refractivity contribution in [2.75, 3.05) is 13.1 Å². The Morgan fingerprint density at radius 1 is 1.15 bits per heavy atom. The number of nitrogens with one attached hydrogen (secondary N) is 1. The van der Waals surface area contributed by atoms with Gasteiger partial charge in [-0.3, -0.25) is 4.79 Å². The minimum absolute atomic E-state index is 0.158. The topological polar surface area (TPSA) is 56.1 Å². The first-order valence-corrected chi connectivity index (χ1v) is 11.2. The van der Waals surface area contributed by atoms with E-state index in [4.69, 9.17) is 0 Å². The lowest BCUT2D eigenvalue weighted by molar-refractivity contribution is -0.122. The summed E-state index contributed by atoms with van der Waals surface area (Å²) < 4.78 is 0. The summed E-state index contributed by atoms with van der Waals surface area (Å²) >= 11 is 0.